The molecule has 3 nitrogen and oxygen atoms in total. The van der Waals surface area contributed by atoms with Gasteiger partial charge in [-0.05, 0) is 65.0 Å². The molecule has 230 valence electrons. The fraction of sp³-hybridized carbons (Fsp3) is 0.375. The van der Waals surface area contributed by atoms with Crippen molar-refractivity contribution in [2.45, 2.75) is 81.8 Å². The Hall–Kier alpha value is -3.69. The predicted molar refractivity (Wildman–Crippen MR) is 185 cm³/mol. The van der Waals surface area contributed by atoms with Crippen LogP contribution in [-0.2, 0) is 4.79 Å². The van der Waals surface area contributed by atoms with Crippen molar-refractivity contribution in [2.75, 3.05) is 0 Å². The van der Waals surface area contributed by atoms with Gasteiger partial charge in [0.1, 0.15) is 0 Å². The summed E-state index contributed by atoms with van der Waals surface area (Å²) in [6, 6.07) is 0. The van der Waals surface area contributed by atoms with Crippen LogP contribution < -0.4 is 0 Å². The summed E-state index contributed by atoms with van der Waals surface area (Å²) in [7, 11) is 0. The third kappa shape index (κ3) is 11.1. The van der Waals surface area contributed by atoms with Crippen LogP contribution in [0.2, 0.25) is 0 Å². The lowest BCUT2D eigenvalue weighted by atomic mass is 9.67. The molecule has 0 radical (unpaired) electrons. The monoisotopic (exact) mass is 580 g/mol. The number of aliphatic hydroxyl groups is 2. The van der Waals surface area contributed by atoms with E-state index >= 15 is 0 Å². The molecule has 2 aliphatic carbocycles. The molecule has 0 amide bonds. The maximum atomic E-state index is 12.2. The topological polar surface area (TPSA) is 57.5 Å². The van der Waals surface area contributed by atoms with E-state index in [1.807, 2.05) is 63.3 Å². The Balaban J connectivity index is 1.92. The van der Waals surface area contributed by atoms with Crippen molar-refractivity contribution in [3.63, 3.8) is 0 Å². The van der Waals surface area contributed by atoms with Crippen molar-refractivity contribution in [2.24, 2.45) is 16.7 Å². The molecule has 0 heterocycles. The highest BCUT2D eigenvalue weighted by atomic mass is 16.3. The number of allylic oxidation sites excluding steroid dienone is 22. The fourth-order valence-corrected chi connectivity index (χ4v) is 5.59. The average molecular weight is 581 g/mol. The van der Waals surface area contributed by atoms with Crippen molar-refractivity contribution in [3.8, 4) is 0 Å². The minimum Gasteiger partial charge on any atom is -0.504 e. The van der Waals surface area contributed by atoms with E-state index in [4.69, 9.17) is 0 Å². The van der Waals surface area contributed by atoms with Gasteiger partial charge in [-0.1, -0.05) is 147 Å². The molecule has 0 spiro atoms. The van der Waals surface area contributed by atoms with Crippen LogP contribution in [0.3, 0.4) is 0 Å². The fourth-order valence-electron chi connectivity index (χ4n) is 5.59. The van der Waals surface area contributed by atoms with E-state index in [1.165, 1.54) is 11.1 Å². The van der Waals surface area contributed by atoms with Crippen LogP contribution in [0.5, 0.6) is 0 Å². The first kappa shape index (κ1) is 35.5. The Kier molecular flexibility index (Phi) is 13.0. The summed E-state index contributed by atoms with van der Waals surface area (Å²) < 4.78 is 0. The molecular formula is C40H52O3. The Morgan fingerprint density at radius 1 is 0.791 bits per heavy atom. The number of hydrogen-bond donors (Lipinski definition) is 2. The second-order valence-electron chi connectivity index (χ2n) is 13.2. The summed E-state index contributed by atoms with van der Waals surface area (Å²) in [4.78, 5) is 12.2. The Bertz CT molecular complexity index is 1420. The van der Waals surface area contributed by atoms with E-state index < -0.39 is 5.41 Å². The molecule has 0 saturated carbocycles. The SMILES string of the molecule is CC1=C[C@@H](O)CC(C)(C)[C@@H]1/C=C/C(C)=C/C=C/C(C)=C/C=C/C=C(C)/C=C/C=C(C)/C=C/C1=C(C)C(=O)C(O)=CC1(C)C. The van der Waals surface area contributed by atoms with Gasteiger partial charge in [0.05, 0.1) is 6.10 Å². The van der Waals surface area contributed by atoms with E-state index in [2.05, 4.69) is 90.2 Å². The molecule has 0 aliphatic heterocycles. The van der Waals surface area contributed by atoms with Gasteiger partial charge >= 0.3 is 0 Å². The number of ketones is 1. The van der Waals surface area contributed by atoms with Crippen molar-refractivity contribution in [1.82, 2.24) is 0 Å². The zero-order chi connectivity index (χ0) is 32.4. The van der Waals surface area contributed by atoms with Crippen molar-refractivity contribution in [1.29, 1.82) is 0 Å². The first-order valence-electron chi connectivity index (χ1n) is 15.2. The molecule has 3 heteroatoms. The molecule has 0 saturated heterocycles. The van der Waals surface area contributed by atoms with Gasteiger partial charge in [-0.25, -0.2) is 0 Å². The van der Waals surface area contributed by atoms with Crippen LogP contribution in [0.4, 0.5) is 0 Å². The number of Topliss-reactive ketones (excluding diaryl/α,β-unsaturated/α-hetero) is 1. The van der Waals surface area contributed by atoms with Crippen molar-refractivity contribution in [3.05, 3.63) is 142 Å². The molecule has 0 aromatic carbocycles. The lowest BCUT2D eigenvalue weighted by molar-refractivity contribution is -0.114. The van der Waals surface area contributed by atoms with Gasteiger partial charge < -0.3 is 10.2 Å². The van der Waals surface area contributed by atoms with Crippen molar-refractivity contribution < 1.29 is 15.0 Å². The molecule has 2 N–H and O–H groups in total. The van der Waals surface area contributed by atoms with E-state index in [-0.39, 0.29) is 23.1 Å². The van der Waals surface area contributed by atoms with Crippen molar-refractivity contribution >= 4 is 5.78 Å². The van der Waals surface area contributed by atoms with Gasteiger partial charge in [0.2, 0.25) is 5.78 Å². The lowest BCUT2D eigenvalue weighted by Gasteiger charge is -2.38. The van der Waals surface area contributed by atoms with Crippen LogP contribution in [0.25, 0.3) is 0 Å². The lowest BCUT2D eigenvalue weighted by Crippen LogP contribution is -2.32. The van der Waals surface area contributed by atoms with Crippen LogP contribution >= 0.6 is 0 Å². The highest BCUT2D eigenvalue weighted by Crippen LogP contribution is 2.42. The van der Waals surface area contributed by atoms with E-state index in [0.29, 0.717) is 11.5 Å². The minimum absolute atomic E-state index is 0.0457. The van der Waals surface area contributed by atoms with Crippen LogP contribution in [-0.4, -0.2) is 22.1 Å². The molecule has 0 unspecified atom stereocenters. The molecule has 0 aromatic rings. The normalized spacial score (nSPS) is 24.4. The number of aliphatic hydroxyl groups excluding tert-OH is 2. The Morgan fingerprint density at radius 3 is 1.81 bits per heavy atom. The van der Waals surface area contributed by atoms with Gasteiger partial charge in [-0.2, -0.15) is 0 Å². The highest BCUT2D eigenvalue weighted by Gasteiger charge is 2.34. The maximum absolute atomic E-state index is 12.2. The quantitative estimate of drug-likeness (QED) is 0.200. The zero-order valence-corrected chi connectivity index (χ0v) is 27.9. The highest BCUT2D eigenvalue weighted by molar-refractivity contribution is 6.08. The number of carbonyl (C=O) groups excluding carboxylic acids is 1. The predicted octanol–water partition coefficient (Wildman–Crippen LogP) is 10.3. The molecule has 0 bridgehead atoms. The summed E-state index contributed by atoms with van der Waals surface area (Å²) in [5, 5.41) is 19.9. The average Bonchev–Trinajstić information content (AvgIpc) is 2.88. The van der Waals surface area contributed by atoms with Gasteiger partial charge in [-0.15, -0.1) is 0 Å². The number of hydrogen-bond acceptors (Lipinski definition) is 3. The van der Waals surface area contributed by atoms with Gasteiger partial charge in [0.25, 0.3) is 0 Å². The van der Waals surface area contributed by atoms with Gasteiger partial charge in [-0.3, -0.25) is 4.79 Å². The summed E-state index contributed by atoms with van der Waals surface area (Å²) in [5.74, 6) is -0.141. The molecule has 2 rings (SSSR count). The maximum Gasteiger partial charge on any atom is 0.222 e. The Labute approximate surface area is 260 Å². The minimum atomic E-state index is -0.397. The molecule has 2 atom stereocenters. The largest absolute Gasteiger partial charge is 0.504 e. The second kappa shape index (κ2) is 15.7. The third-order valence-corrected chi connectivity index (χ3v) is 8.02. The van der Waals surface area contributed by atoms with Gasteiger partial charge in [0.15, 0.2) is 5.76 Å². The van der Waals surface area contributed by atoms with E-state index in [1.54, 1.807) is 13.0 Å². The second-order valence-corrected chi connectivity index (χ2v) is 13.2. The summed E-state index contributed by atoms with van der Waals surface area (Å²) in [6.07, 6.45) is 33.1. The van der Waals surface area contributed by atoms with E-state index in [9.17, 15) is 15.0 Å². The molecule has 2 aliphatic rings. The molecular weight excluding hydrogens is 528 g/mol. The molecule has 43 heavy (non-hydrogen) atoms. The summed E-state index contributed by atoms with van der Waals surface area (Å²) >= 11 is 0. The van der Waals surface area contributed by atoms with Crippen LogP contribution in [0, 0.1) is 16.7 Å². The Morgan fingerprint density at radius 2 is 1.28 bits per heavy atom. The number of carbonyl (C=O) groups is 1. The van der Waals surface area contributed by atoms with E-state index in [0.717, 1.165) is 28.7 Å². The summed E-state index contributed by atoms with van der Waals surface area (Å²) in [6.45, 7) is 20.6. The number of rotatable bonds is 10. The molecule has 0 fully saturated rings. The van der Waals surface area contributed by atoms with Crippen LogP contribution in [0.1, 0.15) is 75.7 Å². The summed E-state index contributed by atoms with van der Waals surface area (Å²) in [5.41, 5.74) is 6.95. The smallest absolute Gasteiger partial charge is 0.222 e. The zero-order valence-electron chi connectivity index (χ0n) is 27.9. The van der Waals surface area contributed by atoms with Crippen LogP contribution in [0.15, 0.2) is 142 Å². The van der Waals surface area contributed by atoms with Gasteiger partial charge in [0, 0.05) is 16.9 Å². The standard InChI is InChI=1S/C40H52O3/c1-28(17-13-19-30(3)21-23-35-32(5)25-34(41)26-39(35,7)8)15-11-12-16-29(2)18-14-20-31(4)22-24-36-33(6)38(43)37(42)27-40(36,9)10/h11-25,27,34-35,41-42H,26H2,1-10H3/b12-11+,17-13+,18-14+,23-21+,24-22+,28-15+,29-16+,30-19+,31-20+/t34-,35-/m1/s1. The molecule has 0 aromatic heterocycles. The first-order chi connectivity index (χ1) is 20.0. The first-order valence-corrected chi connectivity index (χ1v) is 15.2. The third-order valence-electron chi connectivity index (χ3n) is 8.02.